The molecule has 0 bridgehead atoms. The second-order valence-electron chi connectivity index (χ2n) is 9.35. The number of amides is 1. The van der Waals surface area contributed by atoms with Crippen LogP contribution in [0.5, 0.6) is 0 Å². The molecule has 1 amide bonds. The van der Waals surface area contributed by atoms with Crippen LogP contribution in [0.2, 0.25) is 0 Å². The first-order valence-corrected chi connectivity index (χ1v) is 11.5. The van der Waals surface area contributed by atoms with Crippen LogP contribution in [0.1, 0.15) is 6.92 Å². The number of hydrogen-bond donors (Lipinski definition) is 12. The lowest BCUT2D eigenvalue weighted by Crippen LogP contribution is -2.79. The first-order valence-electron chi connectivity index (χ1n) is 11.5. The zero-order valence-electron chi connectivity index (χ0n) is 19.7. The van der Waals surface area contributed by atoms with E-state index < -0.39 is 117 Å². The van der Waals surface area contributed by atoms with Gasteiger partial charge in [0.15, 0.2) is 12.6 Å². The minimum atomic E-state index is -2.76. The van der Waals surface area contributed by atoms with Crippen molar-refractivity contribution in [3.05, 3.63) is 0 Å². The fourth-order valence-corrected chi connectivity index (χ4v) is 4.79. The van der Waals surface area contributed by atoms with Crippen LogP contribution in [-0.4, -0.2) is 173 Å². The Labute approximate surface area is 210 Å². The Morgan fingerprint density at radius 3 is 1.97 bits per heavy atom. The van der Waals surface area contributed by atoms with Crippen LogP contribution in [0.4, 0.5) is 0 Å². The third-order valence-corrected chi connectivity index (χ3v) is 6.92. The van der Waals surface area contributed by atoms with Gasteiger partial charge in [0.05, 0.1) is 19.8 Å². The maximum atomic E-state index is 11.9. The van der Waals surface area contributed by atoms with Crippen LogP contribution < -0.4 is 5.32 Å². The van der Waals surface area contributed by atoms with Crippen molar-refractivity contribution in [3.8, 4) is 0 Å². The largest absolute Gasteiger partial charge is 0.394 e. The summed E-state index contributed by atoms with van der Waals surface area (Å²) < 4.78 is 21.4. The van der Waals surface area contributed by atoms with E-state index in [1.165, 1.54) is 0 Å². The maximum Gasteiger partial charge on any atom is 0.217 e. The number of nitrogens with one attached hydrogen (secondary N) is 1. The molecule has 1 unspecified atom stereocenters. The van der Waals surface area contributed by atoms with Crippen molar-refractivity contribution in [3.63, 3.8) is 0 Å². The van der Waals surface area contributed by atoms with E-state index in [0.29, 0.717) is 0 Å². The molecule has 3 fully saturated rings. The lowest BCUT2D eigenvalue weighted by Gasteiger charge is -2.55. The molecule has 0 aromatic carbocycles. The highest BCUT2D eigenvalue weighted by Gasteiger charge is 2.64. The molecule has 12 N–H and O–H groups in total. The summed E-state index contributed by atoms with van der Waals surface area (Å²) in [6.45, 7) is -1.47. The van der Waals surface area contributed by atoms with Crippen molar-refractivity contribution >= 4 is 5.91 Å². The quantitative estimate of drug-likeness (QED) is 0.141. The Morgan fingerprint density at radius 2 is 1.41 bits per heavy atom. The number of hydrogen-bond acceptors (Lipinski definition) is 16. The predicted molar refractivity (Wildman–Crippen MR) is 113 cm³/mol. The van der Waals surface area contributed by atoms with Crippen molar-refractivity contribution in [1.82, 2.24) is 5.32 Å². The minimum absolute atomic E-state index is 0.647. The van der Waals surface area contributed by atoms with Crippen LogP contribution >= 0.6 is 0 Å². The molecule has 0 saturated carbocycles. The molecule has 0 spiro atoms. The van der Waals surface area contributed by atoms with E-state index in [1.807, 2.05) is 0 Å². The molecule has 3 saturated heterocycles. The number of rotatable bonds is 7. The number of carbonyl (C=O) groups excluding carboxylic acids is 1. The minimum Gasteiger partial charge on any atom is -0.394 e. The van der Waals surface area contributed by atoms with Gasteiger partial charge in [-0.15, -0.1) is 0 Å². The van der Waals surface area contributed by atoms with Crippen molar-refractivity contribution in [2.45, 2.75) is 98.3 Å². The highest BCUT2D eigenvalue weighted by molar-refractivity contribution is 5.73. The summed E-state index contributed by atoms with van der Waals surface area (Å²) in [7, 11) is 0. The lowest BCUT2D eigenvalue weighted by atomic mass is 9.74. The van der Waals surface area contributed by atoms with E-state index >= 15 is 0 Å². The van der Waals surface area contributed by atoms with Gasteiger partial charge in [-0.05, 0) is 0 Å². The highest BCUT2D eigenvalue weighted by atomic mass is 16.7. The summed E-state index contributed by atoms with van der Waals surface area (Å²) in [6, 6.07) is -1.64. The van der Waals surface area contributed by atoms with E-state index in [4.69, 9.17) is 18.9 Å². The number of aliphatic hydroxyl groups excluding tert-OH is 10. The van der Waals surface area contributed by atoms with Gasteiger partial charge in [-0.25, -0.2) is 0 Å². The fourth-order valence-electron chi connectivity index (χ4n) is 4.79. The molecule has 3 aliphatic rings. The molecule has 17 heteroatoms. The molecule has 3 heterocycles. The molecule has 3 rings (SSSR count). The van der Waals surface area contributed by atoms with Gasteiger partial charge in [-0.3, -0.25) is 4.79 Å². The Morgan fingerprint density at radius 1 is 0.811 bits per heavy atom. The van der Waals surface area contributed by atoms with Crippen molar-refractivity contribution in [1.29, 1.82) is 0 Å². The molecule has 37 heavy (non-hydrogen) atoms. The molecular weight excluding hydrogens is 510 g/mol. The standard InChI is InChI=1S/C20H35NO16/c1-5(24)21-9-16(31)20(33,17-14(29)12(27)10(25)6(2-22)35-17)8(3-23)37-19(9)34-4-7-11(26)13(28)15(30)18(32)36-7/h6-19,22-23,25-33H,2-4H2,1H3,(H,21,24)/t6-,7-,8-,9-,10+,11+,12+,13+,14-,15-,16-,17-,18?,19-,20-/m1/s1. The van der Waals surface area contributed by atoms with Gasteiger partial charge >= 0.3 is 0 Å². The van der Waals surface area contributed by atoms with E-state index in [-0.39, 0.29) is 0 Å². The van der Waals surface area contributed by atoms with Crippen molar-refractivity contribution < 1.29 is 79.9 Å². The molecule has 3 aliphatic heterocycles. The summed E-state index contributed by atoms with van der Waals surface area (Å²) in [5, 5.41) is 114. The first kappa shape index (κ1) is 30.4. The van der Waals surface area contributed by atoms with E-state index in [1.54, 1.807) is 0 Å². The van der Waals surface area contributed by atoms with Crippen molar-refractivity contribution in [2.24, 2.45) is 0 Å². The van der Waals surface area contributed by atoms with Gasteiger partial charge in [0.25, 0.3) is 0 Å². The van der Waals surface area contributed by atoms with Gasteiger partial charge in [-0.1, -0.05) is 0 Å². The monoisotopic (exact) mass is 545 g/mol. The third-order valence-electron chi connectivity index (χ3n) is 6.92. The normalized spacial score (nSPS) is 51.0. The maximum absolute atomic E-state index is 11.9. The zero-order valence-corrected chi connectivity index (χ0v) is 19.7. The summed E-state index contributed by atoms with van der Waals surface area (Å²) in [4.78, 5) is 11.9. The number of aliphatic hydroxyl groups is 11. The van der Waals surface area contributed by atoms with Gasteiger partial charge in [0, 0.05) is 6.92 Å². The summed E-state index contributed by atoms with van der Waals surface area (Å²) >= 11 is 0. The second kappa shape index (κ2) is 11.9. The average Bonchev–Trinajstić information content (AvgIpc) is 2.86. The van der Waals surface area contributed by atoms with Crippen LogP contribution in [0.15, 0.2) is 0 Å². The van der Waals surface area contributed by atoms with Gasteiger partial charge in [0.2, 0.25) is 5.91 Å². The molecule has 0 aliphatic carbocycles. The molecular formula is C20H35NO16. The molecule has 0 radical (unpaired) electrons. The molecule has 216 valence electrons. The van der Waals surface area contributed by atoms with Crippen LogP contribution in [0, 0.1) is 0 Å². The SMILES string of the molecule is CC(=O)N[C@H]1[C@H](OC[C@H]2OC(O)[C@H](O)[C@@H](O)[C@H]2O)O[C@H](CO)[C@](O)([C@@H]2O[C@H](CO)[C@H](O)[C@H](O)[C@H]2O)[C@@H]1O. The Hall–Kier alpha value is -1.13. The number of ether oxygens (including phenoxy) is 4. The Balaban J connectivity index is 1.86. The van der Waals surface area contributed by atoms with Crippen molar-refractivity contribution in [2.75, 3.05) is 19.8 Å². The van der Waals surface area contributed by atoms with Crippen LogP contribution in [0.25, 0.3) is 0 Å². The van der Waals surface area contributed by atoms with E-state index in [9.17, 15) is 61.0 Å². The Bertz CT molecular complexity index is 775. The fraction of sp³-hybridized carbons (Fsp3) is 0.950. The van der Waals surface area contributed by atoms with Gasteiger partial charge in [-0.2, -0.15) is 0 Å². The Kier molecular flexibility index (Phi) is 9.82. The van der Waals surface area contributed by atoms with Crippen LogP contribution in [0.3, 0.4) is 0 Å². The summed E-state index contributed by atoms with van der Waals surface area (Å²) in [5.41, 5.74) is -2.76. The van der Waals surface area contributed by atoms with E-state index in [2.05, 4.69) is 5.32 Å². The molecule has 0 aromatic heterocycles. The highest BCUT2D eigenvalue weighted by Crippen LogP contribution is 2.39. The lowest BCUT2D eigenvalue weighted by molar-refractivity contribution is -0.361. The second-order valence-corrected chi connectivity index (χ2v) is 9.35. The van der Waals surface area contributed by atoms with Gasteiger partial charge < -0.3 is 80.4 Å². The van der Waals surface area contributed by atoms with Gasteiger partial charge in [0.1, 0.15) is 78.8 Å². The average molecular weight is 545 g/mol. The molecule has 17 nitrogen and oxygen atoms in total. The van der Waals surface area contributed by atoms with E-state index in [0.717, 1.165) is 6.92 Å². The summed E-state index contributed by atoms with van der Waals surface area (Å²) in [5.74, 6) is -0.747. The first-order chi connectivity index (χ1) is 17.3. The third kappa shape index (κ3) is 5.62. The topological polar surface area (TPSA) is 289 Å². The molecule has 15 atom stereocenters. The molecule has 0 aromatic rings. The zero-order chi connectivity index (χ0) is 27.8. The van der Waals surface area contributed by atoms with Crippen LogP contribution in [-0.2, 0) is 23.7 Å². The summed E-state index contributed by atoms with van der Waals surface area (Å²) in [6.07, 6.45) is -23.5. The smallest absolute Gasteiger partial charge is 0.217 e. The number of carbonyl (C=O) groups is 1. The predicted octanol–water partition coefficient (Wildman–Crippen LogP) is -8.04.